The van der Waals surface area contributed by atoms with Gasteiger partial charge in [-0.25, -0.2) is 0 Å². The molecule has 0 bridgehead atoms. The average molecular weight is 367 g/mol. The summed E-state index contributed by atoms with van der Waals surface area (Å²) < 4.78 is 0. The van der Waals surface area contributed by atoms with Gasteiger partial charge in [0.25, 0.3) is 0 Å². The lowest BCUT2D eigenvalue weighted by molar-refractivity contribution is 0.175. The maximum atomic E-state index is 10.2. The number of anilines is 1. The summed E-state index contributed by atoms with van der Waals surface area (Å²) in [7, 11) is 0. The molecule has 3 aromatic rings. The van der Waals surface area contributed by atoms with Gasteiger partial charge in [0, 0.05) is 30.3 Å². The van der Waals surface area contributed by atoms with Crippen LogP contribution in [0.2, 0.25) is 5.02 Å². The fourth-order valence-corrected chi connectivity index (χ4v) is 3.00. The van der Waals surface area contributed by atoms with Crippen molar-refractivity contribution in [2.75, 3.05) is 25.0 Å². The first kappa shape index (κ1) is 18.5. The summed E-state index contributed by atoms with van der Waals surface area (Å²) in [6, 6.07) is 26.0. The van der Waals surface area contributed by atoms with E-state index in [4.69, 9.17) is 11.6 Å². The standard InChI is InChI=1S/C22H23ClN2O/c23-20-10-4-9-19(14-20)22(26)16-24-12-13-25-21-11-5-8-18(15-21)17-6-2-1-3-7-17/h1-11,14-15,22,24-26H,12-13,16H2/t22-/m0/s1. The molecule has 26 heavy (non-hydrogen) atoms. The predicted molar refractivity (Wildman–Crippen MR) is 110 cm³/mol. The lowest BCUT2D eigenvalue weighted by atomic mass is 10.1. The van der Waals surface area contributed by atoms with Crippen LogP contribution in [0.3, 0.4) is 0 Å². The van der Waals surface area contributed by atoms with Gasteiger partial charge in [-0.05, 0) is 41.0 Å². The molecule has 0 aliphatic carbocycles. The quantitative estimate of drug-likeness (QED) is 0.504. The molecule has 0 aliphatic rings. The minimum absolute atomic E-state index is 0.492. The Kier molecular flexibility index (Phi) is 6.67. The summed E-state index contributed by atoms with van der Waals surface area (Å²) in [6.07, 6.45) is -0.560. The summed E-state index contributed by atoms with van der Waals surface area (Å²) in [5.74, 6) is 0. The van der Waals surface area contributed by atoms with E-state index in [1.165, 1.54) is 11.1 Å². The van der Waals surface area contributed by atoms with Crippen LogP contribution in [0, 0.1) is 0 Å². The topological polar surface area (TPSA) is 44.3 Å². The van der Waals surface area contributed by atoms with E-state index in [1.807, 2.05) is 30.3 Å². The minimum atomic E-state index is -0.560. The van der Waals surface area contributed by atoms with Crippen LogP contribution in [0.4, 0.5) is 5.69 Å². The third-order valence-electron chi connectivity index (χ3n) is 4.17. The van der Waals surface area contributed by atoms with Gasteiger partial charge in [0.1, 0.15) is 0 Å². The smallest absolute Gasteiger partial charge is 0.0914 e. The second kappa shape index (κ2) is 9.39. The number of nitrogens with one attached hydrogen (secondary N) is 2. The van der Waals surface area contributed by atoms with Crippen LogP contribution < -0.4 is 10.6 Å². The summed E-state index contributed by atoms with van der Waals surface area (Å²) in [6.45, 7) is 2.03. The average Bonchev–Trinajstić information content (AvgIpc) is 2.68. The van der Waals surface area contributed by atoms with Crippen molar-refractivity contribution in [3.8, 4) is 11.1 Å². The number of aliphatic hydroxyl groups excluding tert-OH is 1. The van der Waals surface area contributed by atoms with E-state index in [2.05, 4.69) is 47.0 Å². The number of rotatable bonds is 8. The molecule has 134 valence electrons. The minimum Gasteiger partial charge on any atom is -0.387 e. The van der Waals surface area contributed by atoms with E-state index < -0.39 is 6.10 Å². The monoisotopic (exact) mass is 366 g/mol. The summed E-state index contributed by atoms with van der Waals surface area (Å²) >= 11 is 5.96. The van der Waals surface area contributed by atoms with Gasteiger partial charge >= 0.3 is 0 Å². The Morgan fingerprint density at radius 1 is 0.808 bits per heavy atom. The van der Waals surface area contributed by atoms with E-state index in [0.717, 1.165) is 24.3 Å². The Bertz CT molecular complexity index is 823. The summed E-state index contributed by atoms with van der Waals surface area (Å²) in [5, 5.41) is 17.5. The number of hydrogen-bond acceptors (Lipinski definition) is 3. The van der Waals surface area contributed by atoms with Crippen LogP contribution in [0.25, 0.3) is 11.1 Å². The van der Waals surface area contributed by atoms with Crippen molar-refractivity contribution in [2.24, 2.45) is 0 Å². The van der Waals surface area contributed by atoms with Crippen molar-refractivity contribution in [1.29, 1.82) is 0 Å². The van der Waals surface area contributed by atoms with Gasteiger partial charge in [-0.15, -0.1) is 0 Å². The molecule has 0 fully saturated rings. The Morgan fingerprint density at radius 3 is 2.38 bits per heavy atom. The molecule has 0 saturated carbocycles. The van der Waals surface area contributed by atoms with Crippen LogP contribution in [-0.4, -0.2) is 24.7 Å². The summed E-state index contributed by atoms with van der Waals surface area (Å²) in [4.78, 5) is 0. The van der Waals surface area contributed by atoms with E-state index >= 15 is 0 Å². The van der Waals surface area contributed by atoms with Gasteiger partial charge in [-0.3, -0.25) is 0 Å². The molecule has 0 spiro atoms. The van der Waals surface area contributed by atoms with E-state index in [0.29, 0.717) is 11.6 Å². The van der Waals surface area contributed by atoms with Crippen molar-refractivity contribution in [3.63, 3.8) is 0 Å². The Morgan fingerprint density at radius 2 is 1.58 bits per heavy atom. The zero-order chi connectivity index (χ0) is 18.2. The van der Waals surface area contributed by atoms with Gasteiger partial charge in [0.05, 0.1) is 6.10 Å². The molecule has 3 aromatic carbocycles. The number of benzene rings is 3. The second-order valence-corrected chi connectivity index (χ2v) is 6.58. The summed E-state index contributed by atoms with van der Waals surface area (Å²) in [5.41, 5.74) is 4.32. The zero-order valence-corrected chi connectivity index (χ0v) is 15.3. The lowest BCUT2D eigenvalue weighted by Crippen LogP contribution is -2.26. The van der Waals surface area contributed by atoms with Crippen LogP contribution in [0.15, 0.2) is 78.9 Å². The van der Waals surface area contributed by atoms with Gasteiger partial charge in [-0.2, -0.15) is 0 Å². The maximum absolute atomic E-state index is 10.2. The van der Waals surface area contributed by atoms with Crippen molar-refractivity contribution < 1.29 is 5.11 Å². The first-order valence-electron chi connectivity index (χ1n) is 8.76. The van der Waals surface area contributed by atoms with Gasteiger partial charge in [-0.1, -0.05) is 66.2 Å². The first-order chi connectivity index (χ1) is 12.7. The molecule has 0 amide bonds. The third-order valence-corrected chi connectivity index (χ3v) is 4.41. The van der Waals surface area contributed by atoms with Gasteiger partial charge < -0.3 is 15.7 Å². The zero-order valence-electron chi connectivity index (χ0n) is 14.5. The highest BCUT2D eigenvalue weighted by molar-refractivity contribution is 6.30. The molecule has 3 N–H and O–H groups in total. The molecule has 1 atom stereocenters. The van der Waals surface area contributed by atoms with Crippen molar-refractivity contribution in [1.82, 2.24) is 5.32 Å². The number of aliphatic hydroxyl groups is 1. The second-order valence-electron chi connectivity index (χ2n) is 6.15. The SMILES string of the molecule is O[C@@H](CNCCNc1cccc(-c2ccccc2)c1)c1cccc(Cl)c1. The van der Waals surface area contributed by atoms with E-state index in [9.17, 15) is 5.11 Å². The highest BCUT2D eigenvalue weighted by atomic mass is 35.5. The predicted octanol–water partition coefficient (Wildman–Crippen LogP) is 4.74. The Balaban J connectivity index is 1.44. The number of halogens is 1. The molecule has 0 aliphatic heterocycles. The molecular weight excluding hydrogens is 344 g/mol. The van der Waals surface area contributed by atoms with E-state index in [-0.39, 0.29) is 0 Å². The Hall–Kier alpha value is -2.33. The normalized spacial score (nSPS) is 11.9. The first-order valence-corrected chi connectivity index (χ1v) is 9.14. The van der Waals surface area contributed by atoms with Gasteiger partial charge in [0.2, 0.25) is 0 Å². The molecule has 0 saturated heterocycles. The molecule has 0 radical (unpaired) electrons. The highest BCUT2D eigenvalue weighted by Gasteiger charge is 2.07. The fourth-order valence-electron chi connectivity index (χ4n) is 2.81. The van der Waals surface area contributed by atoms with Gasteiger partial charge in [0.15, 0.2) is 0 Å². The Labute approximate surface area is 159 Å². The van der Waals surface area contributed by atoms with Crippen LogP contribution >= 0.6 is 11.6 Å². The molecule has 3 nitrogen and oxygen atoms in total. The lowest BCUT2D eigenvalue weighted by Gasteiger charge is -2.13. The molecular formula is C22H23ClN2O. The highest BCUT2D eigenvalue weighted by Crippen LogP contribution is 2.22. The van der Waals surface area contributed by atoms with Crippen molar-refractivity contribution >= 4 is 17.3 Å². The third kappa shape index (κ3) is 5.33. The molecule has 0 aromatic heterocycles. The molecule has 4 heteroatoms. The fraction of sp³-hybridized carbons (Fsp3) is 0.182. The molecule has 0 unspecified atom stereocenters. The number of hydrogen-bond donors (Lipinski definition) is 3. The molecule has 0 heterocycles. The van der Waals surface area contributed by atoms with Crippen LogP contribution in [0.1, 0.15) is 11.7 Å². The van der Waals surface area contributed by atoms with Crippen LogP contribution in [-0.2, 0) is 0 Å². The van der Waals surface area contributed by atoms with Crippen molar-refractivity contribution in [3.05, 3.63) is 89.4 Å². The van der Waals surface area contributed by atoms with E-state index in [1.54, 1.807) is 12.1 Å². The van der Waals surface area contributed by atoms with Crippen molar-refractivity contribution in [2.45, 2.75) is 6.10 Å². The van der Waals surface area contributed by atoms with Crippen LogP contribution in [0.5, 0.6) is 0 Å². The maximum Gasteiger partial charge on any atom is 0.0914 e. The largest absolute Gasteiger partial charge is 0.387 e. The molecule has 3 rings (SSSR count).